The quantitative estimate of drug-likeness (QED) is 0.838. The second-order valence-electron chi connectivity index (χ2n) is 3.98. The van der Waals surface area contributed by atoms with E-state index in [1.807, 2.05) is 13.0 Å². The number of hydrogen-bond donors (Lipinski definition) is 2. The number of aryl methyl sites for hydroxylation is 1. The molecule has 0 saturated carbocycles. The van der Waals surface area contributed by atoms with Crippen molar-refractivity contribution in [3.63, 3.8) is 0 Å². The molecule has 1 aromatic carbocycles. The summed E-state index contributed by atoms with van der Waals surface area (Å²) in [4.78, 5) is 16.0. The van der Waals surface area contributed by atoms with Crippen LogP contribution in [0.5, 0.6) is 0 Å². The van der Waals surface area contributed by atoms with E-state index in [0.29, 0.717) is 16.9 Å². The molecule has 2 rings (SSSR count). The summed E-state index contributed by atoms with van der Waals surface area (Å²) in [5, 5.41) is 2.77. The van der Waals surface area contributed by atoms with E-state index in [4.69, 9.17) is 5.73 Å². The van der Waals surface area contributed by atoms with Gasteiger partial charge in [0.2, 0.25) is 0 Å². The van der Waals surface area contributed by atoms with Crippen molar-refractivity contribution in [2.75, 3.05) is 11.1 Å². The molecule has 92 valence electrons. The standard InChI is InChI=1S/C13H12BrN3O/c1-8-2-9(4-11(15)3-8)13(18)17-12-5-10(14)6-16-7-12/h2-7H,15H2,1H3,(H,17,18). The molecule has 2 aromatic rings. The predicted molar refractivity (Wildman–Crippen MR) is 75.5 cm³/mol. The highest BCUT2D eigenvalue weighted by Gasteiger charge is 2.07. The molecule has 0 atom stereocenters. The van der Waals surface area contributed by atoms with Crippen molar-refractivity contribution < 1.29 is 4.79 Å². The molecular weight excluding hydrogens is 294 g/mol. The SMILES string of the molecule is Cc1cc(N)cc(C(=O)Nc2cncc(Br)c2)c1. The first-order chi connectivity index (χ1) is 8.54. The van der Waals surface area contributed by atoms with Crippen LogP contribution in [0.25, 0.3) is 0 Å². The summed E-state index contributed by atoms with van der Waals surface area (Å²) in [5.74, 6) is -0.203. The number of nitrogens with zero attached hydrogens (tertiary/aromatic N) is 1. The first-order valence-electron chi connectivity index (χ1n) is 5.33. The van der Waals surface area contributed by atoms with Crippen LogP contribution < -0.4 is 11.1 Å². The number of nitrogens with two attached hydrogens (primary N) is 1. The van der Waals surface area contributed by atoms with Crippen molar-refractivity contribution in [1.29, 1.82) is 0 Å². The molecule has 0 fully saturated rings. The second kappa shape index (κ2) is 5.18. The molecule has 1 heterocycles. The van der Waals surface area contributed by atoms with E-state index in [9.17, 15) is 4.79 Å². The summed E-state index contributed by atoms with van der Waals surface area (Å²) in [6.45, 7) is 1.90. The zero-order valence-corrected chi connectivity index (χ0v) is 11.4. The Hall–Kier alpha value is -1.88. The number of nitrogens with one attached hydrogen (secondary N) is 1. The highest BCUT2D eigenvalue weighted by atomic mass is 79.9. The van der Waals surface area contributed by atoms with Gasteiger partial charge in [-0.1, -0.05) is 0 Å². The van der Waals surface area contributed by atoms with Gasteiger partial charge in [0, 0.05) is 21.9 Å². The van der Waals surface area contributed by atoms with Gasteiger partial charge in [-0.3, -0.25) is 9.78 Å². The Morgan fingerprint density at radius 2 is 2.06 bits per heavy atom. The fourth-order valence-corrected chi connectivity index (χ4v) is 1.99. The van der Waals surface area contributed by atoms with Gasteiger partial charge < -0.3 is 11.1 Å². The lowest BCUT2D eigenvalue weighted by Crippen LogP contribution is -2.12. The van der Waals surface area contributed by atoms with Crippen LogP contribution in [0.1, 0.15) is 15.9 Å². The van der Waals surface area contributed by atoms with Crippen molar-refractivity contribution in [1.82, 2.24) is 4.98 Å². The lowest BCUT2D eigenvalue weighted by atomic mass is 10.1. The number of nitrogen functional groups attached to an aromatic ring is 1. The molecule has 3 N–H and O–H groups in total. The topological polar surface area (TPSA) is 68.0 Å². The van der Waals surface area contributed by atoms with Gasteiger partial charge in [0.1, 0.15) is 0 Å². The molecule has 0 bridgehead atoms. The van der Waals surface area contributed by atoms with E-state index in [1.54, 1.807) is 30.6 Å². The zero-order chi connectivity index (χ0) is 13.1. The molecule has 0 aliphatic heterocycles. The normalized spacial score (nSPS) is 10.1. The molecular formula is C13H12BrN3O. The molecule has 0 radical (unpaired) electrons. The highest BCUT2D eigenvalue weighted by molar-refractivity contribution is 9.10. The van der Waals surface area contributed by atoms with E-state index in [0.717, 1.165) is 10.0 Å². The Bertz CT molecular complexity index is 578. The van der Waals surface area contributed by atoms with Gasteiger partial charge in [0.15, 0.2) is 0 Å². The third kappa shape index (κ3) is 3.07. The summed E-state index contributed by atoms with van der Waals surface area (Å²) in [6.07, 6.45) is 3.24. The van der Waals surface area contributed by atoms with Gasteiger partial charge in [-0.25, -0.2) is 0 Å². The summed E-state index contributed by atoms with van der Waals surface area (Å²) in [5.41, 5.74) is 8.41. The van der Waals surface area contributed by atoms with Crippen molar-refractivity contribution in [2.24, 2.45) is 0 Å². The number of hydrogen-bond acceptors (Lipinski definition) is 3. The summed E-state index contributed by atoms with van der Waals surface area (Å²) in [6, 6.07) is 7.03. The molecule has 0 aliphatic rings. The highest BCUT2D eigenvalue weighted by Crippen LogP contribution is 2.16. The maximum atomic E-state index is 12.0. The first kappa shape index (κ1) is 12.6. The van der Waals surface area contributed by atoms with Crippen LogP contribution in [-0.2, 0) is 0 Å². The summed E-state index contributed by atoms with van der Waals surface area (Å²) >= 11 is 3.30. The number of benzene rings is 1. The number of rotatable bonds is 2. The van der Waals surface area contributed by atoms with E-state index in [1.165, 1.54) is 0 Å². The van der Waals surface area contributed by atoms with Crippen LogP contribution >= 0.6 is 15.9 Å². The first-order valence-corrected chi connectivity index (χ1v) is 6.13. The van der Waals surface area contributed by atoms with Crippen LogP contribution in [0.3, 0.4) is 0 Å². The fraction of sp³-hybridized carbons (Fsp3) is 0.0769. The van der Waals surface area contributed by atoms with Crippen molar-refractivity contribution in [3.8, 4) is 0 Å². The maximum absolute atomic E-state index is 12.0. The largest absolute Gasteiger partial charge is 0.399 e. The van der Waals surface area contributed by atoms with Crippen LogP contribution in [0.15, 0.2) is 41.1 Å². The van der Waals surface area contributed by atoms with Gasteiger partial charge >= 0.3 is 0 Å². The predicted octanol–water partition coefficient (Wildman–Crippen LogP) is 2.99. The van der Waals surface area contributed by atoms with Gasteiger partial charge in [0.25, 0.3) is 5.91 Å². The third-order valence-electron chi connectivity index (χ3n) is 2.32. The lowest BCUT2D eigenvalue weighted by Gasteiger charge is -2.07. The smallest absolute Gasteiger partial charge is 0.255 e. The second-order valence-corrected chi connectivity index (χ2v) is 4.89. The molecule has 5 heteroatoms. The van der Waals surface area contributed by atoms with E-state index < -0.39 is 0 Å². The summed E-state index contributed by atoms with van der Waals surface area (Å²) in [7, 11) is 0. The number of amides is 1. The van der Waals surface area contributed by atoms with E-state index >= 15 is 0 Å². The molecule has 18 heavy (non-hydrogen) atoms. The molecule has 0 saturated heterocycles. The average Bonchev–Trinajstić information content (AvgIpc) is 2.27. The Morgan fingerprint density at radius 3 is 2.72 bits per heavy atom. The van der Waals surface area contributed by atoms with Crippen LogP contribution in [0.4, 0.5) is 11.4 Å². The fourth-order valence-electron chi connectivity index (χ4n) is 1.63. The van der Waals surface area contributed by atoms with Gasteiger partial charge in [-0.2, -0.15) is 0 Å². The summed E-state index contributed by atoms with van der Waals surface area (Å²) < 4.78 is 0.809. The molecule has 1 aromatic heterocycles. The average molecular weight is 306 g/mol. The van der Waals surface area contributed by atoms with E-state index in [2.05, 4.69) is 26.2 Å². The number of carbonyl (C=O) groups excluding carboxylic acids is 1. The van der Waals surface area contributed by atoms with Gasteiger partial charge in [0.05, 0.1) is 11.9 Å². The maximum Gasteiger partial charge on any atom is 0.255 e. The Labute approximate surface area is 113 Å². The lowest BCUT2D eigenvalue weighted by molar-refractivity contribution is 0.102. The number of pyridine rings is 1. The number of carbonyl (C=O) groups is 1. The van der Waals surface area contributed by atoms with Crippen molar-refractivity contribution in [3.05, 3.63) is 52.3 Å². The van der Waals surface area contributed by atoms with Crippen molar-refractivity contribution in [2.45, 2.75) is 6.92 Å². The molecule has 0 unspecified atom stereocenters. The number of aromatic nitrogens is 1. The Kier molecular flexibility index (Phi) is 3.62. The number of anilines is 2. The minimum atomic E-state index is -0.203. The Balaban J connectivity index is 2.22. The molecule has 4 nitrogen and oxygen atoms in total. The van der Waals surface area contributed by atoms with E-state index in [-0.39, 0.29) is 5.91 Å². The minimum absolute atomic E-state index is 0.203. The molecule has 1 amide bonds. The van der Waals surface area contributed by atoms with Gasteiger partial charge in [-0.05, 0) is 52.7 Å². The number of halogens is 1. The van der Waals surface area contributed by atoms with Crippen molar-refractivity contribution >= 4 is 33.2 Å². The minimum Gasteiger partial charge on any atom is -0.399 e. The van der Waals surface area contributed by atoms with Crippen LogP contribution in [0.2, 0.25) is 0 Å². The third-order valence-corrected chi connectivity index (χ3v) is 2.76. The Morgan fingerprint density at radius 1 is 1.28 bits per heavy atom. The monoisotopic (exact) mass is 305 g/mol. The van der Waals surface area contributed by atoms with Gasteiger partial charge in [-0.15, -0.1) is 0 Å². The molecule has 0 aliphatic carbocycles. The van der Waals surface area contributed by atoms with Crippen LogP contribution in [0, 0.1) is 6.92 Å². The van der Waals surface area contributed by atoms with Crippen LogP contribution in [-0.4, -0.2) is 10.9 Å². The molecule has 0 spiro atoms. The zero-order valence-electron chi connectivity index (χ0n) is 9.77.